The second-order valence-corrected chi connectivity index (χ2v) is 41.5. The van der Waals surface area contributed by atoms with Crippen LogP contribution in [0.2, 0.25) is 0 Å². The third-order valence-corrected chi connectivity index (χ3v) is 33.4. The van der Waals surface area contributed by atoms with Crippen LogP contribution in [-0.4, -0.2) is 180 Å². The lowest BCUT2D eigenvalue weighted by Crippen LogP contribution is -2.41. The van der Waals surface area contributed by atoms with E-state index in [1.165, 1.54) is 23.8 Å². The number of hydrogen-bond acceptors (Lipinski definition) is 26. The van der Waals surface area contributed by atoms with Gasteiger partial charge in [0.25, 0.3) is 0 Å². The molecule has 2 aliphatic heterocycles. The van der Waals surface area contributed by atoms with E-state index >= 15 is 0 Å². The maximum absolute atomic E-state index is 13.3. The van der Waals surface area contributed by atoms with Crippen LogP contribution in [0.25, 0.3) is 87.7 Å². The van der Waals surface area contributed by atoms with E-state index in [1.807, 2.05) is 156 Å². The molecule has 20 atom stereocenters. The lowest BCUT2D eigenvalue weighted by Gasteiger charge is -2.28. The van der Waals surface area contributed by atoms with Gasteiger partial charge in [0, 0.05) is 78.7 Å². The third kappa shape index (κ3) is 14.9. The van der Waals surface area contributed by atoms with Gasteiger partial charge in [-0.3, -0.25) is 9.59 Å². The molecule has 134 heavy (non-hydrogen) atoms. The number of nitrogens with one attached hydrogen (secondary N) is 2. The molecule has 18 N–H and O–H groups in total. The molecule has 688 valence electrons. The number of hydrogen-bond donors (Lipinski definition) is 14. The number of rotatable bonds is 8. The van der Waals surface area contributed by atoms with Gasteiger partial charge < -0.3 is 92.7 Å². The number of aliphatic hydroxyl groups excluding tert-OH is 8. The summed E-state index contributed by atoms with van der Waals surface area (Å²) in [7, 11) is 0. The largest absolute Gasteiger partial charge is 0.390 e. The first kappa shape index (κ1) is 89.3. The summed E-state index contributed by atoms with van der Waals surface area (Å²) < 4.78 is 10.8. The molecule has 2 saturated heterocycles. The number of carbonyl (C=O) groups is 2. The van der Waals surface area contributed by atoms with Gasteiger partial charge >= 0.3 is 0 Å². The van der Waals surface area contributed by atoms with Gasteiger partial charge in [-0.05, 0) is 275 Å². The van der Waals surface area contributed by atoms with Crippen molar-refractivity contribution < 1.29 is 50.4 Å². The number of amides is 2. The Balaban J connectivity index is 0.000000107. The smallest absolute Gasteiger partial charge is 0.229 e. The number of benzene rings is 4. The first-order valence-electron chi connectivity index (χ1n) is 44.9. The van der Waals surface area contributed by atoms with Crippen molar-refractivity contribution in [2.45, 2.75) is 202 Å². The molecule has 14 heterocycles. The maximum atomic E-state index is 13.3. The zero-order chi connectivity index (χ0) is 93.4. The summed E-state index contributed by atoms with van der Waals surface area (Å²) in [5.74, 6) is 1.88. The number of nitrogens with two attached hydrogens (primary N) is 4. The molecule has 0 unspecified atom stereocenters. The Hall–Kier alpha value is -11.3. The zero-order valence-electron chi connectivity index (χ0n) is 73.3. The highest BCUT2D eigenvalue weighted by Gasteiger charge is 2.64. The number of fused-ring (bicyclic) bond motifs is 8. The highest BCUT2D eigenvalue weighted by molar-refractivity contribution is 9.11. The van der Waals surface area contributed by atoms with Crippen molar-refractivity contribution in [3.8, 4) is 0 Å². The summed E-state index contributed by atoms with van der Waals surface area (Å²) in [6.45, 7) is 7.72. The van der Waals surface area contributed by atoms with Crippen molar-refractivity contribution in [1.82, 2.24) is 88.7 Å². The van der Waals surface area contributed by atoms with Crippen molar-refractivity contribution in [1.29, 1.82) is 0 Å². The monoisotopic (exact) mass is 2060 g/mol. The minimum Gasteiger partial charge on any atom is -0.390 e. The van der Waals surface area contributed by atoms with Crippen LogP contribution in [0.15, 0.2) is 189 Å². The van der Waals surface area contributed by atoms with Gasteiger partial charge in [-0.1, -0.05) is 48.5 Å². The van der Waals surface area contributed by atoms with Gasteiger partial charge in [-0.2, -0.15) is 0 Å². The molecule has 4 spiro atoms. The lowest BCUT2D eigenvalue weighted by atomic mass is 9.79. The van der Waals surface area contributed by atoms with Gasteiger partial charge in [0.1, 0.15) is 95.6 Å². The van der Waals surface area contributed by atoms with E-state index in [4.69, 9.17) is 22.9 Å². The number of carbonyl (C=O) groups excluding carboxylic acids is 2. The second kappa shape index (κ2) is 33.9. The van der Waals surface area contributed by atoms with Crippen molar-refractivity contribution in [2.75, 3.05) is 22.9 Å². The number of aromatic nitrogens is 16. The predicted octanol–water partition coefficient (Wildman–Crippen LogP) is 13.6. The topological polar surface area (TPSA) is 499 Å². The Morgan fingerprint density at radius 2 is 0.604 bits per heavy atom. The van der Waals surface area contributed by atoms with E-state index < -0.39 is 71.7 Å². The van der Waals surface area contributed by atoms with Crippen LogP contribution in [0.3, 0.4) is 0 Å². The Kier molecular flexibility index (Phi) is 22.6. The molecule has 0 bridgehead atoms. The normalized spacial score (nSPS) is 29.2. The van der Waals surface area contributed by atoms with Crippen LogP contribution in [0.5, 0.6) is 0 Å². The van der Waals surface area contributed by atoms with E-state index in [0.717, 1.165) is 180 Å². The molecule has 6 aliphatic carbocycles. The Labute approximate surface area is 800 Å². The molecule has 16 aromatic rings. The second-order valence-electron chi connectivity index (χ2n) is 38.1. The molecular formula is C98H98Br4N22O10. The van der Waals surface area contributed by atoms with Gasteiger partial charge in [0.2, 0.25) is 11.8 Å². The van der Waals surface area contributed by atoms with Crippen LogP contribution < -0.4 is 33.6 Å². The van der Waals surface area contributed by atoms with Crippen LogP contribution in [0.1, 0.15) is 170 Å². The van der Waals surface area contributed by atoms with Crippen molar-refractivity contribution in [3.05, 3.63) is 234 Å². The molecular weight excluding hydrogens is 1960 g/mol. The molecule has 24 rings (SSSR count). The Bertz CT molecular complexity index is 7020. The molecule has 32 nitrogen and oxygen atoms in total. The van der Waals surface area contributed by atoms with E-state index in [1.54, 1.807) is 12.7 Å². The predicted molar refractivity (Wildman–Crippen MR) is 521 cm³/mol. The quantitative estimate of drug-likeness (QED) is 0.0672. The molecule has 6 saturated carbocycles. The average molecular weight is 2060 g/mol. The molecule has 8 fully saturated rings. The van der Waals surface area contributed by atoms with Crippen LogP contribution in [-0.2, 0) is 9.59 Å². The van der Waals surface area contributed by atoms with Crippen molar-refractivity contribution in [3.63, 3.8) is 0 Å². The summed E-state index contributed by atoms with van der Waals surface area (Å²) in [5, 5.41) is 103. The number of anilines is 4. The van der Waals surface area contributed by atoms with Crippen molar-refractivity contribution in [2.24, 2.45) is 21.7 Å². The molecule has 2 amide bonds. The molecule has 36 heteroatoms. The van der Waals surface area contributed by atoms with Gasteiger partial charge in [-0.25, -0.2) is 59.8 Å². The number of nitrogens with zero attached hydrogens (tertiary/aromatic N) is 16. The molecule has 12 aromatic heterocycles. The molecule has 8 aliphatic rings. The van der Waals surface area contributed by atoms with E-state index in [2.05, 4.69) is 171 Å². The highest BCUT2D eigenvalue weighted by Crippen LogP contribution is 2.62. The summed E-state index contributed by atoms with van der Waals surface area (Å²) in [6.07, 6.45) is 14.1. The summed E-state index contributed by atoms with van der Waals surface area (Å²) in [6, 6.07) is 37.9. The zero-order valence-corrected chi connectivity index (χ0v) is 79.6. The number of halogens is 4. The summed E-state index contributed by atoms with van der Waals surface area (Å²) in [5.41, 5.74) is 35.0. The third-order valence-electron chi connectivity index (χ3n) is 30.9. The minimum absolute atomic E-state index is 0.207. The van der Waals surface area contributed by atoms with Crippen LogP contribution in [0.4, 0.5) is 23.3 Å². The van der Waals surface area contributed by atoms with Gasteiger partial charge in [0.15, 0.2) is 0 Å². The van der Waals surface area contributed by atoms with E-state index in [9.17, 15) is 50.4 Å². The van der Waals surface area contributed by atoms with Crippen molar-refractivity contribution >= 4 is 187 Å². The summed E-state index contributed by atoms with van der Waals surface area (Å²) in [4.78, 5) is 79.2. The van der Waals surface area contributed by atoms with Crippen LogP contribution in [0, 0.1) is 49.4 Å². The summed E-state index contributed by atoms with van der Waals surface area (Å²) >= 11 is 13.7. The highest BCUT2D eigenvalue weighted by atomic mass is 79.9. The number of pyridine rings is 4. The molecule has 0 radical (unpaired) electrons. The Morgan fingerprint density at radius 1 is 0.336 bits per heavy atom. The lowest BCUT2D eigenvalue weighted by molar-refractivity contribution is -0.135. The number of aliphatic hydroxyl groups is 8. The SMILES string of the molecule is Cc1ncnc2c1ccn2[C@@H]1C[C@@]2(CC[C@@H](c3ccc4cc(Br)c(N)nc4c3)C2)[C@@H](O)[C@H]1O.Cc1ncnc2c1ccn2[C@@H]1C[C@@]2(CC[C@H](c3ccc4cc(Br)c(N)nc4c3)C2)[C@@H](O)[C@H]1O.Cc1ncnc2c1ccn2[C@@H]1C[C@]2(C[C@@H](c3ccc4cc(Br)c(N)nc4c3)NC2=O)[C@@H](O)[C@H]1O.Cc1ncnc2c1ccn2[C@@H]1C[C@]2(C[C@H](c3ccc4cc(Br)c(N)nc4c3)NC2=O)[C@@H](O)[C@H]1O. The van der Waals surface area contributed by atoms with Gasteiger partial charge in [-0.15, -0.1) is 0 Å². The standard InChI is InChI=1S/2C25H26BrN5O2.2C24H23BrN6O3/c2*1-13-17-5-7-31(24(17)29-12-28-13)20-11-25(22(33)21(20)32)6-4-16(10-25)14-2-3-15-8-18(26)23(27)30-19(15)9-14;2*1-11-14-4-5-31(22(14)28-10-27-11)18-9-24(20(33)19(18)32)8-17(30-23(24)34)13-3-2-12-6-15(25)21(26)29-16(12)7-13/h2*2-3,5,7-9,12,16,20-22,32-33H,4,6,10-11H2,1H3,(H2,27,30);2*2-7,10,17-20,32-33H,8-9H2,1H3,(H2,26,29)(H,30,34)/t16-,20+,21-,22-,25-;16-,20-,21+,22+,25+;17-,18+,19-,20-,24+;17-,18-,19+,20+,24-/m0101/s1. The van der Waals surface area contributed by atoms with Crippen LogP contribution >= 0.6 is 63.7 Å². The minimum atomic E-state index is -1.20. The first-order valence-corrected chi connectivity index (χ1v) is 48.1. The fraction of sp³-hybridized carbons (Fsp3) is 0.367. The number of nitrogen functional groups attached to an aromatic ring is 4. The maximum Gasteiger partial charge on any atom is 0.229 e. The number of aryl methyl sites for hydroxylation is 4. The van der Waals surface area contributed by atoms with E-state index in [0.29, 0.717) is 72.1 Å². The first-order chi connectivity index (χ1) is 64.3. The fourth-order valence-electron chi connectivity index (χ4n) is 23.6. The van der Waals surface area contributed by atoms with Gasteiger partial charge in [0.05, 0.1) is 134 Å². The fourth-order valence-corrected chi connectivity index (χ4v) is 24.9. The van der Waals surface area contributed by atoms with E-state index in [-0.39, 0.29) is 46.8 Å². The molecule has 4 aromatic carbocycles. The average Bonchev–Trinajstić information content (AvgIpc) is 1.56. The Morgan fingerprint density at radius 3 is 0.903 bits per heavy atom.